The van der Waals surface area contributed by atoms with Gasteiger partial charge in [0.15, 0.2) is 11.5 Å². The zero-order chi connectivity index (χ0) is 19.6. The van der Waals surface area contributed by atoms with Crippen molar-refractivity contribution >= 4 is 21.6 Å². The van der Waals surface area contributed by atoms with Crippen molar-refractivity contribution in [3.8, 4) is 17.2 Å². The number of nitrogens with one attached hydrogen (secondary N) is 2. The summed E-state index contributed by atoms with van der Waals surface area (Å²) in [5.74, 6) is 0.805. The monoisotopic (exact) mass is 392 g/mol. The second-order valence-corrected chi connectivity index (χ2v) is 7.74. The number of aryl methyl sites for hydroxylation is 1. The smallest absolute Gasteiger partial charge is 0.244 e. The zero-order valence-electron chi connectivity index (χ0n) is 15.1. The maximum atomic E-state index is 12.7. The molecule has 3 rings (SSSR count). The van der Waals surface area contributed by atoms with Crippen molar-refractivity contribution in [3.63, 3.8) is 0 Å². The summed E-state index contributed by atoms with van der Waals surface area (Å²) in [5, 5.41) is 2.65. The Morgan fingerprint density at radius 2 is 1.89 bits per heavy atom. The van der Waals surface area contributed by atoms with Crippen LogP contribution in [0.5, 0.6) is 17.2 Å². The van der Waals surface area contributed by atoms with Gasteiger partial charge in [0, 0.05) is 11.8 Å². The van der Waals surface area contributed by atoms with Crippen LogP contribution in [0.1, 0.15) is 12.5 Å². The van der Waals surface area contributed by atoms with E-state index in [1.165, 1.54) is 20.1 Å². The van der Waals surface area contributed by atoms with Gasteiger partial charge in [-0.2, -0.15) is 4.72 Å². The number of anilines is 1. The zero-order valence-corrected chi connectivity index (χ0v) is 15.9. The molecule has 0 saturated carbocycles. The molecular weight excluding hydrogens is 372 g/mol. The summed E-state index contributed by atoms with van der Waals surface area (Å²) in [7, 11) is -2.56. The maximum Gasteiger partial charge on any atom is 0.244 e. The summed E-state index contributed by atoms with van der Waals surface area (Å²) in [6, 6.07) is 8.73. The van der Waals surface area contributed by atoms with Crippen LogP contribution in [0.3, 0.4) is 0 Å². The normalized spacial score (nSPS) is 13.9. The highest BCUT2D eigenvalue weighted by molar-refractivity contribution is 7.89. The summed E-state index contributed by atoms with van der Waals surface area (Å²) >= 11 is 0. The lowest BCUT2D eigenvalue weighted by Crippen LogP contribution is -2.41. The minimum Gasteiger partial charge on any atom is -0.495 e. The minimum absolute atomic E-state index is 0.0206. The van der Waals surface area contributed by atoms with Gasteiger partial charge in [-0.1, -0.05) is 6.07 Å². The molecular formula is C18H20N2O6S. The van der Waals surface area contributed by atoms with Gasteiger partial charge in [-0.25, -0.2) is 8.42 Å². The molecule has 0 bridgehead atoms. The third-order valence-electron chi connectivity index (χ3n) is 3.97. The Morgan fingerprint density at radius 3 is 2.63 bits per heavy atom. The topological polar surface area (TPSA) is 103 Å². The summed E-state index contributed by atoms with van der Waals surface area (Å²) in [5.41, 5.74) is 1.23. The van der Waals surface area contributed by atoms with E-state index in [4.69, 9.17) is 14.2 Å². The third-order valence-corrected chi connectivity index (χ3v) is 5.54. The average Bonchev–Trinajstić information content (AvgIpc) is 3.09. The van der Waals surface area contributed by atoms with Gasteiger partial charge in [0.05, 0.1) is 13.2 Å². The first kappa shape index (κ1) is 19.0. The van der Waals surface area contributed by atoms with Gasteiger partial charge in [-0.15, -0.1) is 0 Å². The van der Waals surface area contributed by atoms with Gasteiger partial charge in [-0.05, 0) is 43.7 Å². The number of ether oxygens (including phenoxy) is 3. The highest BCUT2D eigenvalue weighted by atomic mass is 32.2. The molecule has 0 unspecified atom stereocenters. The molecule has 2 aromatic rings. The maximum absolute atomic E-state index is 12.7. The van der Waals surface area contributed by atoms with Crippen LogP contribution in [0.15, 0.2) is 41.3 Å². The molecule has 0 spiro atoms. The molecule has 1 heterocycles. The number of fused-ring (bicyclic) bond motifs is 1. The van der Waals surface area contributed by atoms with E-state index in [0.29, 0.717) is 17.2 Å². The highest BCUT2D eigenvalue weighted by Gasteiger charge is 2.25. The van der Waals surface area contributed by atoms with Gasteiger partial charge >= 0.3 is 0 Å². The standard InChI is InChI=1S/C18H20N2O6S/c1-11-4-6-15(24-3)17(8-11)27(22,23)20-12(2)18(21)19-13-5-7-14-16(9-13)26-10-25-14/h4-9,12,20H,10H2,1-3H3,(H,19,21)/t12-/m0/s1. The largest absolute Gasteiger partial charge is 0.495 e. The van der Waals surface area contributed by atoms with E-state index in [0.717, 1.165) is 5.56 Å². The predicted molar refractivity (Wildman–Crippen MR) is 98.7 cm³/mol. The van der Waals surface area contributed by atoms with Crippen LogP contribution in [-0.2, 0) is 14.8 Å². The number of benzene rings is 2. The SMILES string of the molecule is COc1ccc(C)cc1S(=O)(=O)N[C@@H](C)C(=O)Nc1ccc2c(c1)OCO2. The van der Waals surface area contributed by atoms with Crippen molar-refractivity contribution in [2.24, 2.45) is 0 Å². The molecule has 8 nitrogen and oxygen atoms in total. The number of methoxy groups -OCH3 is 1. The van der Waals surface area contributed by atoms with Crippen molar-refractivity contribution in [2.45, 2.75) is 24.8 Å². The first-order chi connectivity index (χ1) is 12.8. The van der Waals surface area contributed by atoms with Crippen LogP contribution in [0.4, 0.5) is 5.69 Å². The molecule has 27 heavy (non-hydrogen) atoms. The second-order valence-electron chi connectivity index (χ2n) is 6.05. The molecule has 1 atom stereocenters. The molecule has 9 heteroatoms. The number of carbonyl (C=O) groups excluding carboxylic acids is 1. The summed E-state index contributed by atoms with van der Waals surface area (Å²) in [6.07, 6.45) is 0. The van der Waals surface area contributed by atoms with E-state index in [1.807, 2.05) is 0 Å². The van der Waals surface area contributed by atoms with E-state index < -0.39 is 22.0 Å². The predicted octanol–water partition coefficient (Wildman–Crippen LogP) is 2.04. The lowest BCUT2D eigenvalue weighted by molar-refractivity contribution is -0.117. The third kappa shape index (κ3) is 4.15. The second kappa shape index (κ2) is 7.45. The fourth-order valence-corrected chi connectivity index (χ4v) is 4.03. The molecule has 1 amide bonds. The first-order valence-electron chi connectivity index (χ1n) is 8.17. The van der Waals surface area contributed by atoms with Crippen molar-refractivity contribution in [2.75, 3.05) is 19.2 Å². The number of hydrogen-bond acceptors (Lipinski definition) is 6. The van der Waals surface area contributed by atoms with Crippen molar-refractivity contribution in [1.29, 1.82) is 0 Å². The van der Waals surface area contributed by atoms with Crippen molar-refractivity contribution < 1.29 is 27.4 Å². The lowest BCUT2D eigenvalue weighted by Gasteiger charge is -2.16. The van der Waals surface area contributed by atoms with Gasteiger partial charge in [-0.3, -0.25) is 4.79 Å². The lowest BCUT2D eigenvalue weighted by atomic mass is 10.2. The van der Waals surface area contributed by atoms with Gasteiger partial charge in [0.1, 0.15) is 10.6 Å². The average molecular weight is 392 g/mol. The van der Waals surface area contributed by atoms with Crippen LogP contribution in [0, 0.1) is 6.92 Å². The Labute approximate surface area is 157 Å². The fourth-order valence-electron chi connectivity index (χ4n) is 2.57. The van der Waals surface area contributed by atoms with E-state index in [9.17, 15) is 13.2 Å². The Balaban J connectivity index is 1.73. The molecule has 0 fully saturated rings. The molecule has 144 valence electrons. The van der Waals surface area contributed by atoms with E-state index in [-0.39, 0.29) is 17.4 Å². The quantitative estimate of drug-likeness (QED) is 0.780. The Bertz CT molecular complexity index is 974. The van der Waals surface area contributed by atoms with Crippen molar-refractivity contribution in [1.82, 2.24) is 4.72 Å². The number of amides is 1. The number of sulfonamides is 1. The van der Waals surface area contributed by atoms with Crippen LogP contribution in [-0.4, -0.2) is 34.3 Å². The van der Waals surface area contributed by atoms with E-state index in [2.05, 4.69) is 10.0 Å². The van der Waals surface area contributed by atoms with Crippen LogP contribution in [0.25, 0.3) is 0 Å². The summed E-state index contributed by atoms with van der Waals surface area (Å²) in [6.45, 7) is 3.36. The molecule has 0 radical (unpaired) electrons. The van der Waals surface area contributed by atoms with Crippen LogP contribution < -0.4 is 24.2 Å². The Kier molecular flexibility index (Phi) is 5.24. The van der Waals surface area contributed by atoms with E-state index >= 15 is 0 Å². The van der Waals surface area contributed by atoms with Gasteiger partial charge in [0.2, 0.25) is 22.7 Å². The Hall–Kier alpha value is -2.78. The van der Waals surface area contributed by atoms with Crippen LogP contribution >= 0.6 is 0 Å². The fraction of sp³-hybridized carbons (Fsp3) is 0.278. The number of hydrogen-bond donors (Lipinski definition) is 2. The van der Waals surface area contributed by atoms with E-state index in [1.54, 1.807) is 37.3 Å². The highest BCUT2D eigenvalue weighted by Crippen LogP contribution is 2.34. The molecule has 0 aliphatic carbocycles. The first-order valence-corrected chi connectivity index (χ1v) is 9.66. The van der Waals surface area contributed by atoms with Crippen molar-refractivity contribution in [3.05, 3.63) is 42.0 Å². The Morgan fingerprint density at radius 1 is 1.15 bits per heavy atom. The van der Waals surface area contributed by atoms with Gasteiger partial charge < -0.3 is 19.5 Å². The number of rotatable bonds is 6. The summed E-state index contributed by atoms with van der Waals surface area (Å²) in [4.78, 5) is 12.4. The number of carbonyl (C=O) groups is 1. The minimum atomic E-state index is -3.95. The molecule has 2 aromatic carbocycles. The van der Waals surface area contributed by atoms with Gasteiger partial charge in [0.25, 0.3) is 0 Å². The molecule has 1 aliphatic heterocycles. The molecule has 1 aliphatic rings. The molecule has 0 saturated heterocycles. The summed E-state index contributed by atoms with van der Waals surface area (Å²) < 4.78 is 43.3. The van der Waals surface area contributed by atoms with Crippen LogP contribution in [0.2, 0.25) is 0 Å². The molecule has 0 aromatic heterocycles. The molecule has 2 N–H and O–H groups in total.